The summed E-state index contributed by atoms with van der Waals surface area (Å²) in [7, 11) is 0. The SMILES string of the molecule is O=C(Nc1nc(COc2ccc(CCCCn3ccnn3)cc2)cs1)c1ccc(C(F)(F)F)cc1. The minimum Gasteiger partial charge on any atom is -0.487 e. The number of hydrogen-bond donors (Lipinski definition) is 1. The number of benzene rings is 2. The Balaban J connectivity index is 1.21. The van der Waals surface area contributed by atoms with Gasteiger partial charge in [-0.3, -0.25) is 14.8 Å². The fourth-order valence-electron chi connectivity index (χ4n) is 3.28. The minimum absolute atomic E-state index is 0.115. The molecule has 0 saturated carbocycles. The molecule has 0 aliphatic rings. The summed E-state index contributed by atoms with van der Waals surface area (Å²) >= 11 is 1.21. The van der Waals surface area contributed by atoms with Crippen LogP contribution in [0.15, 0.2) is 66.3 Å². The van der Waals surface area contributed by atoms with Crippen molar-refractivity contribution in [1.82, 2.24) is 20.0 Å². The number of nitrogens with zero attached hydrogens (tertiary/aromatic N) is 4. The second kappa shape index (κ2) is 11.1. The molecule has 1 amide bonds. The van der Waals surface area contributed by atoms with Gasteiger partial charge in [0.25, 0.3) is 5.91 Å². The average molecular weight is 502 g/mol. The maximum Gasteiger partial charge on any atom is 0.416 e. The third-order valence-electron chi connectivity index (χ3n) is 5.13. The number of halogens is 3. The first-order valence-corrected chi connectivity index (χ1v) is 11.7. The number of aromatic nitrogens is 4. The van der Waals surface area contributed by atoms with Crippen molar-refractivity contribution in [2.24, 2.45) is 0 Å². The van der Waals surface area contributed by atoms with Crippen LogP contribution in [0.1, 0.15) is 40.0 Å². The molecule has 0 aliphatic heterocycles. The predicted molar refractivity (Wildman–Crippen MR) is 125 cm³/mol. The molecule has 2 aromatic carbocycles. The van der Waals surface area contributed by atoms with E-state index in [2.05, 4.69) is 20.6 Å². The molecule has 0 saturated heterocycles. The van der Waals surface area contributed by atoms with Crippen LogP contribution < -0.4 is 10.1 Å². The van der Waals surface area contributed by atoms with Gasteiger partial charge in [-0.05, 0) is 61.2 Å². The van der Waals surface area contributed by atoms with Crippen LogP contribution in [0.25, 0.3) is 0 Å². The van der Waals surface area contributed by atoms with Crippen molar-refractivity contribution in [2.75, 3.05) is 5.32 Å². The molecule has 182 valence electrons. The molecule has 11 heteroatoms. The number of amides is 1. The number of ether oxygens (including phenoxy) is 1. The normalized spacial score (nSPS) is 11.4. The smallest absolute Gasteiger partial charge is 0.416 e. The number of unbranched alkanes of at least 4 members (excludes halogenated alkanes) is 1. The number of carbonyl (C=O) groups excluding carboxylic acids is 1. The lowest BCUT2D eigenvalue weighted by Gasteiger charge is -2.07. The highest BCUT2D eigenvalue weighted by atomic mass is 32.1. The number of anilines is 1. The largest absolute Gasteiger partial charge is 0.487 e. The highest BCUT2D eigenvalue weighted by molar-refractivity contribution is 7.13. The number of hydrogen-bond acceptors (Lipinski definition) is 6. The monoisotopic (exact) mass is 501 g/mol. The van der Waals surface area contributed by atoms with Crippen molar-refractivity contribution < 1.29 is 22.7 Å². The number of carbonyl (C=O) groups is 1. The van der Waals surface area contributed by atoms with Crippen LogP contribution >= 0.6 is 11.3 Å². The van der Waals surface area contributed by atoms with Crippen molar-refractivity contribution in [3.8, 4) is 5.75 Å². The summed E-state index contributed by atoms with van der Waals surface area (Å²) in [5, 5.41) is 12.4. The Hall–Kier alpha value is -3.73. The Morgan fingerprint density at radius 1 is 1.06 bits per heavy atom. The quantitative estimate of drug-likeness (QED) is 0.286. The van der Waals surface area contributed by atoms with E-state index in [1.165, 1.54) is 16.9 Å². The molecule has 2 aromatic heterocycles. The lowest BCUT2D eigenvalue weighted by Crippen LogP contribution is -2.12. The average Bonchev–Trinajstić information content (AvgIpc) is 3.53. The molecule has 2 heterocycles. The number of nitrogens with one attached hydrogen (secondary N) is 1. The molecule has 7 nitrogen and oxygen atoms in total. The molecule has 1 N–H and O–H groups in total. The molecule has 4 rings (SSSR count). The van der Waals surface area contributed by atoms with E-state index in [0.29, 0.717) is 16.6 Å². The van der Waals surface area contributed by atoms with E-state index in [9.17, 15) is 18.0 Å². The summed E-state index contributed by atoms with van der Waals surface area (Å²) < 4.78 is 45.6. The standard InChI is InChI=1S/C24H22F3N5O2S/c25-24(26,27)19-8-6-18(7-9-19)22(33)30-23-29-20(16-35-23)15-34-21-10-4-17(5-11-21)3-1-2-13-32-14-12-28-31-32/h4-12,14,16H,1-3,13,15H2,(H,29,30,33). The zero-order chi connectivity index (χ0) is 24.7. The van der Waals surface area contributed by atoms with Crippen molar-refractivity contribution in [3.05, 3.63) is 88.7 Å². The van der Waals surface area contributed by atoms with Crippen LogP contribution in [0, 0.1) is 0 Å². The number of aryl methyl sites for hydroxylation is 2. The third kappa shape index (κ3) is 7.12. The molecule has 0 unspecified atom stereocenters. The third-order valence-corrected chi connectivity index (χ3v) is 5.94. The van der Waals surface area contributed by atoms with Gasteiger partial charge in [-0.25, -0.2) is 4.98 Å². The van der Waals surface area contributed by atoms with Gasteiger partial charge in [-0.2, -0.15) is 13.2 Å². The second-order valence-electron chi connectivity index (χ2n) is 7.73. The van der Waals surface area contributed by atoms with Gasteiger partial charge >= 0.3 is 6.18 Å². The fraction of sp³-hybridized carbons (Fsp3) is 0.250. The summed E-state index contributed by atoms with van der Waals surface area (Å²) in [4.78, 5) is 16.6. The van der Waals surface area contributed by atoms with Gasteiger partial charge in [0.2, 0.25) is 0 Å². The Kier molecular flexibility index (Phi) is 7.76. The molecular formula is C24H22F3N5O2S. The van der Waals surface area contributed by atoms with Crippen LogP contribution in [0.4, 0.5) is 18.3 Å². The van der Waals surface area contributed by atoms with Gasteiger partial charge in [-0.1, -0.05) is 17.3 Å². The van der Waals surface area contributed by atoms with Gasteiger partial charge in [0.1, 0.15) is 12.4 Å². The van der Waals surface area contributed by atoms with Crippen LogP contribution in [-0.2, 0) is 25.7 Å². The summed E-state index contributed by atoms with van der Waals surface area (Å²) in [6, 6.07) is 11.9. The Morgan fingerprint density at radius 3 is 2.51 bits per heavy atom. The van der Waals surface area contributed by atoms with Gasteiger partial charge in [0.15, 0.2) is 5.13 Å². The molecule has 0 spiro atoms. The van der Waals surface area contributed by atoms with Crippen molar-refractivity contribution in [2.45, 2.75) is 38.6 Å². The molecule has 0 bridgehead atoms. The van der Waals surface area contributed by atoms with Crippen LogP contribution in [-0.4, -0.2) is 25.9 Å². The van der Waals surface area contributed by atoms with Crippen molar-refractivity contribution >= 4 is 22.4 Å². The minimum atomic E-state index is -4.45. The van der Waals surface area contributed by atoms with E-state index < -0.39 is 17.6 Å². The topological polar surface area (TPSA) is 81.9 Å². The summed E-state index contributed by atoms with van der Waals surface area (Å²) in [6.45, 7) is 1.07. The van der Waals surface area contributed by atoms with E-state index in [1.807, 2.05) is 35.1 Å². The van der Waals surface area contributed by atoms with Crippen molar-refractivity contribution in [3.63, 3.8) is 0 Å². The summed E-state index contributed by atoms with van der Waals surface area (Å²) in [5.74, 6) is 0.178. The first-order chi connectivity index (χ1) is 16.9. The predicted octanol–water partition coefficient (Wildman–Crippen LogP) is 5.61. The maximum absolute atomic E-state index is 12.7. The first kappa shape index (κ1) is 24.4. The Labute approximate surface area is 203 Å². The number of alkyl halides is 3. The molecule has 0 fully saturated rings. The molecule has 4 aromatic rings. The molecule has 0 aliphatic carbocycles. The lowest BCUT2D eigenvalue weighted by molar-refractivity contribution is -0.137. The van der Waals surface area contributed by atoms with E-state index in [-0.39, 0.29) is 12.2 Å². The molecule has 0 atom stereocenters. The summed E-state index contributed by atoms with van der Waals surface area (Å²) in [5.41, 5.74) is 1.16. The Bertz CT molecular complexity index is 1220. The van der Waals surface area contributed by atoms with E-state index in [1.54, 1.807) is 11.6 Å². The Morgan fingerprint density at radius 2 is 1.83 bits per heavy atom. The molecular weight excluding hydrogens is 479 g/mol. The van der Waals surface area contributed by atoms with Crippen molar-refractivity contribution in [1.29, 1.82) is 0 Å². The number of rotatable bonds is 10. The molecule has 0 radical (unpaired) electrons. The van der Waals surface area contributed by atoms with E-state index in [4.69, 9.17) is 4.74 Å². The van der Waals surface area contributed by atoms with Gasteiger partial charge in [0, 0.05) is 23.7 Å². The van der Waals surface area contributed by atoms with Gasteiger partial charge in [0.05, 0.1) is 17.5 Å². The number of thiazole rings is 1. The second-order valence-corrected chi connectivity index (χ2v) is 8.59. The zero-order valence-corrected chi connectivity index (χ0v) is 19.4. The van der Waals surface area contributed by atoms with Crippen LogP contribution in [0.5, 0.6) is 5.75 Å². The van der Waals surface area contributed by atoms with Gasteiger partial charge in [-0.15, -0.1) is 16.4 Å². The molecule has 35 heavy (non-hydrogen) atoms. The lowest BCUT2D eigenvalue weighted by atomic mass is 10.1. The van der Waals surface area contributed by atoms with Crippen LogP contribution in [0.2, 0.25) is 0 Å². The zero-order valence-electron chi connectivity index (χ0n) is 18.5. The highest BCUT2D eigenvalue weighted by Gasteiger charge is 2.30. The van der Waals surface area contributed by atoms with Crippen LogP contribution in [0.3, 0.4) is 0 Å². The summed E-state index contributed by atoms with van der Waals surface area (Å²) in [6.07, 6.45) is 2.10. The maximum atomic E-state index is 12.7. The van der Waals surface area contributed by atoms with Gasteiger partial charge < -0.3 is 4.74 Å². The highest BCUT2D eigenvalue weighted by Crippen LogP contribution is 2.29. The van der Waals surface area contributed by atoms with E-state index >= 15 is 0 Å². The first-order valence-electron chi connectivity index (χ1n) is 10.9. The fourth-order valence-corrected chi connectivity index (χ4v) is 3.97. The van der Waals surface area contributed by atoms with E-state index in [0.717, 1.165) is 50.1 Å².